The molecule has 0 saturated heterocycles. The second-order valence-corrected chi connectivity index (χ2v) is 6.29. The SMILES string of the molecule is O=C(C=Cc1ccc(F)cc1)NNC(=O)CCCOc1ccc(Cl)cc1Cl. The van der Waals surface area contributed by atoms with Crippen LogP contribution in [0.5, 0.6) is 5.75 Å². The van der Waals surface area contributed by atoms with Crippen LogP contribution in [0.3, 0.4) is 0 Å². The summed E-state index contributed by atoms with van der Waals surface area (Å²) in [4.78, 5) is 23.3. The number of halogens is 3. The number of hydrogen-bond acceptors (Lipinski definition) is 3. The first-order valence-corrected chi connectivity index (χ1v) is 8.80. The number of ether oxygens (including phenoxy) is 1. The Hall–Kier alpha value is -2.57. The Balaban J connectivity index is 1.64. The summed E-state index contributed by atoms with van der Waals surface area (Å²) in [6.07, 6.45) is 3.34. The maximum atomic E-state index is 12.8. The molecule has 2 aromatic carbocycles. The van der Waals surface area contributed by atoms with Gasteiger partial charge in [0, 0.05) is 17.5 Å². The molecule has 2 rings (SSSR count). The third-order valence-electron chi connectivity index (χ3n) is 3.32. The lowest BCUT2D eigenvalue weighted by atomic mass is 10.2. The number of rotatable bonds is 7. The van der Waals surface area contributed by atoms with Crippen molar-refractivity contribution in [2.24, 2.45) is 0 Å². The first-order valence-electron chi connectivity index (χ1n) is 8.04. The van der Waals surface area contributed by atoms with Crippen LogP contribution in [-0.2, 0) is 9.59 Å². The van der Waals surface area contributed by atoms with Crippen LogP contribution in [-0.4, -0.2) is 18.4 Å². The van der Waals surface area contributed by atoms with Gasteiger partial charge in [0.15, 0.2) is 0 Å². The van der Waals surface area contributed by atoms with Crippen LogP contribution in [0, 0.1) is 5.82 Å². The van der Waals surface area contributed by atoms with Gasteiger partial charge in [-0.1, -0.05) is 35.3 Å². The van der Waals surface area contributed by atoms with E-state index in [0.29, 0.717) is 27.8 Å². The summed E-state index contributed by atoms with van der Waals surface area (Å²) in [5, 5.41) is 0.906. The molecule has 0 aliphatic heterocycles. The zero-order valence-corrected chi connectivity index (χ0v) is 15.7. The predicted octanol–water partition coefficient (Wildman–Crippen LogP) is 4.15. The van der Waals surface area contributed by atoms with Crippen LogP contribution >= 0.6 is 23.2 Å². The number of benzene rings is 2. The lowest BCUT2D eigenvalue weighted by molar-refractivity contribution is -0.126. The second-order valence-electron chi connectivity index (χ2n) is 5.45. The third-order valence-corrected chi connectivity index (χ3v) is 3.85. The molecule has 2 N–H and O–H groups in total. The van der Waals surface area contributed by atoms with Gasteiger partial charge in [0.05, 0.1) is 11.6 Å². The van der Waals surface area contributed by atoms with Crippen molar-refractivity contribution in [3.63, 3.8) is 0 Å². The molecule has 0 radical (unpaired) electrons. The van der Waals surface area contributed by atoms with Crippen molar-refractivity contribution in [2.75, 3.05) is 6.61 Å². The highest BCUT2D eigenvalue weighted by Crippen LogP contribution is 2.27. The molecule has 0 spiro atoms. The molecular weight excluding hydrogens is 394 g/mol. The summed E-state index contributed by atoms with van der Waals surface area (Å²) < 4.78 is 18.3. The highest BCUT2D eigenvalue weighted by atomic mass is 35.5. The van der Waals surface area contributed by atoms with Crippen molar-refractivity contribution >= 4 is 41.1 Å². The zero-order valence-electron chi connectivity index (χ0n) is 14.2. The molecule has 0 saturated carbocycles. The number of carbonyl (C=O) groups excluding carboxylic acids is 2. The smallest absolute Gasteiger partial charge is 0.262 e. The molecule has 2 aromatic rings. The molecule has 0 aromatic heterocycles. The Bertz CT molecular complexity index is 826. The average molecular weight is 411 g/mol. The van der Waals surface area contributed by atoms with Gasteiger partial charge < -0.3 is 4.74 Å². The van der Waals surface area contributed by atoms with Crippen LogP contribution < -0.4 is 15.6 Å². The Morgan fingerprint density at radius 1 is 1.07 bits per heavy atom. The van der Waals surface area contributed by atoms with E-state index in [4.69, 9.17) is 27.9 Å². The van der Waals surface area contributed by atoms with E-state index in [1.165, 1.54) is 36.4 Å². The Kier molecular flexibility index (Phi) is 8.10. The summed E-state index contributed by atoms with van der Waals surface area (Å²) in [6, 6.07) is 10.5. The minimum Gasteiger partial charge on any atom is -0.492 e. The first kappa shape index (κ1) is 20.7. The summed E-state index contributed by atoms with van der Waals surface area (Å²) >= 11 is 11.8. The molecule has 0 heterocycles. The molecule has 142 valence electrons. The fourth-order valence-electron chi connectivity index (χ4n) is 1.99. The molecular formula is C19H17Cl2FN2O3. The fraction of sp³-hybridized carbons (Fsp3) is 0.158. The first-order chi connectivity index (χ1) is 12.9. The van der Waals surface area contributed by atoms with E-state index < -0.39 is 5.91 Å². The lowest BCUT2D eigenvalue weighted by Crippen LogP contribution is -2.40. The normalized spacial score (nSPS) is 10.6. The molecule has 0 aliphatic rings. The summed E-state index contributed by atoms with van der Waals surface area (Å²) in [6.45, 7) is 0.285. The summed E-state index contributed by atoms with van der Waals surface area (Å²) in [7, 11) is 0. The topological polar surface area (TPSA) is 67.4 Å². The van der Waals surface area contributed by atoms with E-state index in [0.717, 1.165) is 0 Å². The largest absolute Gasteiger partial charge is 0.492 e. The van der Waals surface area contributed by atoms with E-state index in [9.17, 15) is 14.0 Å². The van der Waals surface area contributed by atoms with Gasteiger partial charge >= 0.3 is 0 Å². The highest BCUT2D eigenvalue weighted by molar-refractivity contribution is 6.35. The molecule has 8 heteroatoms. The molecule has 27 heavy (non-hydrogen) atoms. The molecule has 2 amide bonds. The van der Waals surface area contributed by atoms with E-state index in [1.54, 1.807) is 18.2 Å². The molecule has 5 nitrogen and oxygen atoms in total. The van der Waals surface area contributed by atoms with Gasteiger partial charge in [-0.3, -0.25) is 20.4 Å². The van der Waals surface area contributed by atoms with Gasteiger partial charge in [0.25, 0.3) is 5.91 Å². The van der Waals surface area contributed by atoms with Crippen LogP contribution in [0.1, 0.15) is 18.4 Å². The maximum Gasteiger partial charge on any atom is 0.262 e. The summed E-state index contributed by atoms with van der Waals surface area (Å²) in [5.74, 6) is -0.729. The third kappa shape index (κ3) is 7.68. The van der Waals surface area contributed by atoms with E-state index in [1.807, 2.05) is 0 Å². The van der Waals surface area contributed by atoms with Crippen LogP contribution in [0.25, 0.3) is 6.08 Å². The van der Waals surface area contributed by atoms with Gasteiger partial charge in [-0.25, -0.2) is 4.39 Å². The van der Waals surface area contributed by atoms with Gasteiger partial charge in [0.1, 0.15) is 11.6 Å². The lowest BCUT2D eigenvalue weighted by Gasteiger charge is -2.08. The molecule has 0 bridgehead atoms. The molecule has 0 aliphatic carbocycles. The number of hydrogen-bond donors (Lipinski definition) is 2. The standard InChI is InChI=1S/C19H17Cl2FN2O3/c20-14-6-9-17(16(21)12-14)27-11-1-2-18(25)23-24-19(26)10-5-13-3-7-15(22)8-4-13/h3-10,12H,1-2,11H2,(H,23,25)(H,24,26). The van der Waals surface area contributed by atoms with Gasteiger partial charge in [-0.2, -0.15) is 0 Å². The predicted molar refractivity (Wildman–Crippen MR) is 103 cm³/mol. The quantitative estimate of drug-likeness (QED) is 0.409. The van der Waals surface area contributed by atoms with Crippen molar-refractivity contribution in [1.29, 1.82) is 0 Å². The van der Waals surface area contributed by atoms with Crippen LogP contribution in [0.4, 0.5) is 4.39 Å². The van der Waals surface area contributed by atoms with Crippen molar-refractivity contribution in [1.82, 2.24) is 10.9 Å². The molecule has 0 atom stereocenters. The Morgan fingerprint density at radius 2 is 1.81 bits per heavy atom. The van der Waals surface area contributed by atoms with Crippen LogP contribution in [0.2, 0.25) is 10.0 Å². The summed E-state index contributed by atoms with van der Waals surface area (Å²) in [5.41, 5.74) is 5.22. The number of amides is 2. The van der Waals surface area contributed by atoms with Crippen molar-refractivity contribution in [2.45, 2.75) is 12.8 Å². The highest BCUT2D eigenvalue weighted by Gasteiger charge is 2.05. The fourth-order valence-corrected chi connectivity index (χ4v) is 2.45. The maximum absolute atomic E-state index is 12.8. The van der Waals surface area contributed by atoms with Crippen LogP contribution in [0.15, 0.2) is 48.5 Å². The minimum atomic E-state index is -0.503. The Labute approximate surface area is 166 Å². The Morgan fingerprint density at radius 3 is 2.52 bits per heavy atom. The minimum absolute atomic E-state index is 0.160. The van der Waals surface area contributed by atoms with Crippen molar-refractivity contribution < 1.29 is 18.7 Å². The number of carbonyl (C=O) groups is 2. The number of hydrazine groups is 1. The van der Waals surface area contributed by atoms with Gasteiger partial charge in [-0.15, -0.1) is 0 Å². The average Bonchev–Trinajstić information content (AvgIpc) is 2.64. The van der Waals surface area contributed by atoms with Gasteiger partial charge in [-0.05, 0) is 48.4 Å². The van der Waals surface area contributed by atoms with Gasteiger partial charge in [0.2, 0.25) is 5.91 Å². The zero-order chi connectivity index (χ0) is 19.6. The van der Waals surface area contributed by atoms with Crippen molar-refractivity contribution in [3.05, 3.63) is 70.0 Å². The van der Waals surface area contributed by atoms with E-state index in [-0.39, 0.29) is 24.8 Å². The second kappa shape index (κ2) is 10.5. The monoisotopic (exact) mass is 410 g/mol. The van der Waals surface area contributed by atoms with Crippen molar-refractivity contribution in [3.8, 4) is 5.75 Å². The molecule has 0 unspecified atom stereocenters. The van der Waals surface area contributed by atoms with E-state index >= 15 is 0 Å². The molecule has 0 fully saturated rings. The van der Waals surface area contributed by atoms with E-state index in [2.05, 4.69) is 10.9 Å². The number of nitrogens with one attached hydrogen (secondary N) is 2.